The van der Waals surface area contributed by atoms with Crippen LogP contribution in [0.1, 0.15) is 12.8 Å². The molecule has 4 heteroatoms. The molecule has 0 aromatic carbocycles. The van der Waals surface area contributed by atoms with Crippen LogP contribution in [0.2, 0.25) is 0 Å². The molecule has 1 fully saturated rings. The molecule has 0 saturated carbocycles. The highest BCUT2D eigenvalue weighted by Gasteiger charge is 2.15. The van der Waals surface area contributed by atoms with Crippen LogP contribution >= 0.6 is 0 Å². The van der Waals surface area contributed by atoms with Crippen molar-refractivity contribution in [1.29, 1.82) is 0 Å². The van der Waals surface area contributed by atoms with Gasteiger partial charge in [-0.15, -0.1) is 0 Å². The highest BCUT2D eigenvalue weighted by molar-refractivity contribution is 5.91. The standard InChI is InChI=1S/C9H15NO3/c1-7(9(10)11)5-12-6-8-3-2-4-13-8/h8H,1-6H2,(H2,10,11). The summed E-state index contributed by atoms with van der Waals surface area (Å²) in [6.45, 7) is 5.01. The molecule has 0 aromatic heterocycles. The summed E-state index contributed by atoms with van der Waals surface area (Å²) in [5.41, 5.74) is 5.28. The molecule has 0 radical (unpaired) electrons. The van der Waals surface area contributed by atoms with E-state index in [2.05, 4.69) is 6.58 Å². The van der Waals surface area contributed by atoms with Crippen molar-refractivity contribution < 1.29 is 14.3 Å². The molecule has 0 bridgehead atoms. The van der Waals surface area contributed by atoms with Crippen molar-refractivity contribution in [3.8, 4) is 0 Å². The van der Waals surface area contributed by atoms with E-state index < -0.39 is 5.91 Å². The number of carbonyl (C=O) groups is 1. The molecular weight excluding hydrogens is 170 g/mol. The Bertz CT molecular complexity index is 197. The van der Waals surface area contributed by atoms with E-state index in [1.807, 2.05) is 0 Å². The Balaban J connectivity index is 2.06. The monoisotopic (exact) mass is 185 g/mol. The lowest BCUT2D eigenvalue weighted by Gasteiger charge is -2.09. The summed E-state index contributed by atoms with van der Waals surface area (Å²) < 4.78 is 10.5. The second-order valence-electron chi connectivity index (χ2n) is 3.12. The first kappa shape index (κ1) is 10.2. The smallest absolute Gasteiger partial charge is 0.246 e. The van der Waals surface area contributed by atoms with Gasteiger partial charge < -0.3 is 15.2 Å². The van der Waals surface area contributed by atoms with Crippen LogP contribution in [0.4, 0.5) is 0 Å². The van der Waals surface area contributed by atoms with Crippen molar-refractivity contribution >= 4 is 5.91 Å². The van der Waals surface area contributed by atoms with E-state index in [4.69, 9.17) is 15.2 Å². The number of carbonyl (C=O) groups excluding carboxylic acids is 1. The van der Waals surface area contributed by atoms with Crippen molar-refractivity contribution in [2.45, 2.75) is 18.9 Å². The highest BCUT2D eigenvalue weighted by Crippen LogP contribution is 2.12. The molecule has 1 heterocycles. The average Bonchev–Trinajstić information content (AvgIpc) is 2.56. The fourth-order valence-corrected chi connectivity index (χ4v) is 1.16. The molecule has 1 atom stereocenters. The number of ether oxygens (including phenoxy) is 2. The Morgan fingerprint density at radius 1 is 1.69 bits per heavy atom. The first-order chi connectivity index (χ1) is 6.20. The Kier molecular flexibility index (Phi) is 3.92. The number of nitrogens with two attached hydrogens (primary N) is 1. The van der Waals surface area contributed by atoms with Crippen LogP contribution in [0.5, 0.6) is 0 Å². The SMILES string of the molecule is C=C(COCC1CCCO1)C(N)=O. The molecule has 1 rings (SSSR count). The third kappa shape index (κ3) is 3.57. The number of amides is 1. The summed E-state index contributed by atoms with van der Waals surface area (Å²) in [5.74, 6) is -0.507. The lowest BCUT2D eigenvalue weighted by molar-refractivity contribution is -0.115. The molecule has 13 heavy (non-hydrogen) atoms. The quantitative estimate of drug-likeness (QED) is 0.623. The minimum atomic E-state index is -0.507. The number of hydrogen-bond donors (Lipinski definition) is 1. The van der Waals surface area contributed by atoms with E-state index in [1.165, 1.54) is 0 Å². The van der Waals surface area contributed by atoms with Gasteiger partial charge in [0.2, 0.25) is 5.91 Å². The van der Waals surface area contributed by atoms with Gasteiger partial charge in [0, 0.05) is 12.2 Å². The van der Waals surface area contributed by atoms with E-state index in [-0.39, 0.29) is 12.7 Å². The van der Waals surface area contributed by atoms with Crippen LogP contribution in [-0.2, 0) is 14.3 Å². The van der Waals surface area contributed by atoms with Gasteiger partial charge in [-0.2, -0.15) is 0 Å². The Labute approximate surface area is 77.7 Å². The second-order valence-corrected chi connectivity index (χ2v) is 3.12. The summed E-state index contributed by atoms with van der Waals surface area (Å²) in [4.78, 5) is 10.5. The van der Waals surface area contributed by atoms with Gasteiger partial charge in [0.15, 0.2) is 0 Å². The van der Waals surface area contributed by atoms with Crippen LogP contribution < -0.4 is 5.73 Å². The van der Waals surface area contributed by atoms with Gasteiger partial charge in [0.1, 0.15) is 0 Å². The molecule has 1 amide bonds. The molecule has 1 aliphatic rings. The van der Waals surface area contributed by atoms with E-state index in [0.717, 1.165) is 19.4 Å². The van der Waals surface area contributed by atoms with Gasteiger partial charge in [-0.05, 0) is 12.8 Å². The van der Waals surface area contributed by atoms with Crippen molar-refractivity contribution in [2.75, 3.05) is 19.8 Å². The van der Waals surface area contributed by atoms with Crippen molar-refractivity contribution in [3.63, 3.8) is 0 Å². The second kappa shape index (κ2) is 4.99. The first-order valence-corrected chi connectivity index (χ1v) is 4.37. The van der Waals surface area contributed by atoms with Crippen molar-refractivity contribution in [1.82, 2.24) is 0 Å². The predicted molar refractivity (Wildman–Crippen MR) is 48.1 cm³/mol. The zero-order chi connectivity index (χ0) is 9.68. The molecule has 0 aliphatic carbocycles. The lowest BCUT2D eigenvalue weighted by atomic mass is 10.2. The summed E-state index contributed by atoms with van der Waals surface area (Å²) in [6.07, 6.45) is 2.30. The summed E-state index contributed by atoms with van der Waals surface area (Å²) >= 11 is 0. The van der Waals surface area contributed by atoms with Gasteiger partial charge in [-0.1, -0.05) is 6.58 Å². The molecule has 0 aromatic rings. The molecular formula is C9H15NO3. The molecule has 74 valence electrons. The Morgan fingerprint density at radius 2 is 2.46 bits per heavy atom. The number of hydrogen-bond acceptors (Lipinski definition) is 3. The van der Waals surface area contributed by atoms with Crippen LogP contribution in [0.25, 0.3) is 0 Å². The number of rotatable bonds is 5. The van der Waals surface area contributed by atoms with Crippen LogP contribution in [0.3, 0.4) is 0 Å². The molecule has 1 aliphatic heterocycles. The van der Waals surface area contributed by atoms with Gasteiger partial charge in [-0.3, -0.25) is 4.79 Å². The van der Waals surface area contributed by atoms with Crippen molar-refractivity contribution in [2.24, 2.45) is 5.73 Å². The maximum atomic E-state index is 10.5. The van der Waals surface area contributed by atoms with E-state index >= 15 is 0 Å². The van der Waals surface area contributed by atoms with Crippen LogP contribution in [0.15, 0.2) is 12.2 Å². The third-order valence-electron chi connectivity index (χ3n) is 1.95. The Hall–Kier alpha value is -0.870. The van der Waals surface area contributed by atoms with Crippen LogP contribution in [0, 0.1) is 0 Å². The minimum absolute atomic E-state index is 0.181. The maximum Gasteiger partial charge on any atom is 0.246 e. The summed E-state index contributed by atoms with van der Waals surface area (Å²) in [6, 6.07) is 0. The van der Waals surface area contributed by atoms with Gasteiger partial charge in [0.25, 0.3) is 0 Å². The Morgan fingerprint density at radius 3 is 3.00 bits per heavy atom. The van der Waals surface area contributed by atoms with Gasteiger partial charge >= 0.3 is 0 Å². The molecule has 1 unspecified atom stereocenters. The number of primary amides is 1. The van der Waals surface area contributed by atoms with Crippen LogP contribution in [-0.4, -0.2) is 31.8 Å². The van der Waals surface area contributed by atoms with E-state index in [1.54, 1.807) is 0 Å². The highest BCUT2D eigenvalue weighted by atomic mass is 16.5. The molecule has 1 saturated heterocycles. The topological polar surface area (TPSA) is 61.6 Å². The van der Waals surface area contributed by atoms with Gasteiger partial charge in [0.05, 0.1) is 19.3 Å². The zero-order valence-electron chi connectivity index (χ0n) is 7.62. The summed E-state index contributed by atoms with van der Waals surface area (Å²) in [7, 11) is 0. The normalized spacial score (nSPS) is 21.7. The average molecular weight is 185 g/mol. The van der Waals surface area contributed by atoms with E-state index in [9.17, 15) is 4.79 Å². The fraction of sp³-hybridized carbons (Fsp3) is 0.667. The first-order valence-electron chi connectivity index (χ1n) is 4.37. The summed E-state index contributed by atoms with van der Waals surface area (Å²) in [5, 5.41) is 0. The predicted octanol–water partition coefficient (Wildman–Crippen LogP) is 0.223. The fourth-order valence-electron chi connectivity index (χ4n) is 1.16. The zero-order valence-corrected chi connectivity index (χ0v) is 7.62. The van der Waals surface area contributed by atoms with E-state index in [0.29, 0.717) is 12.2 Å². The molecule has 0 spiro atoms. The molecule has 4 nitrogen and oxygen atoms in total. The maximum absolute atomic E-state index is 10.5. The van der Waals surface area contributed by atoms with Crippen molar-refractivity contribution in [3.05, 3.63) is 12.2 Å². The largest absolute Gasteiger partial charge is 0.376 e. The minimum Gasteiger partial charge on any atom is -0.376 e. The van der Waals surface area contributed by atoms with Gasteiger partial charge in [-0.25, -0.2) is 0 Å². The lowest BCUT2D eigenvalue weighted by Crippen LogP contribution is -2.20. The molecule has 2 N–H and O–H groups in total. The third-order valence-corrected chi connectivity index (χ3v) is 1.95.